The number of aliphatic hydroxyl groups is 4. The van der Waals surface area contributed by atoms with Crippen molar-refractivity contribution in [1.82, 2.24) is 0 Å². The molecule has 2 aromatic carbocycles. The zero-order valence-electron chi connectivity index (χ0n) is 13.0. The number of carboxylic acids is 1. The molecular formula is C17H18O8. The quantitative estimate of drug-likeness (QED) is 0.508. The van der Waals surface area contributed by atoms with Gasteiger partial charge in [0.05, 0.1) is 12.2 Å². The molecule has 3 rings (SSSR count). The Morgan fingerprint density at radius 3 is 2.40 bits per heavy atom. The van der Waals surface area contributed by atoms with Crippen molar-refractivity contribution < 1.29 is 39.8 Å². The second-order valence-corrected chi connectivity index (χ2v) is 5.84. The maximum atomic E-state index is 11.0. The highest BCUT2D eigenvalue weighted by Gasteiger charge is 2.45. The average molecular weight is 350 g/mol. The van der Waals surface area contributed by atoms with Crippen molar-refractivity contribution in [2.45, 2.75) is 30.7 Å². The van der Waals surface area contributed by atoms with E-state index in [1.54, 1.807) is 24.3 Å². The van der Waals surface area contributed by atoms with E-state index in [9.17, 15) is 20.1 Å². The molecule has 0 aromatic heterocycles. The van der Waals surface area contributed by atoms with Gasteiger partial charge >= 0.3 is 5.97 Å². The Balaban J connectivity index is 1.82. The van der Waals surface area contributed by atoms with E-state index >= 15 is 0 Å². The molecule has 0 aliphatic carbocycles. The van der Waals surface area contributed by atoms with Gasteiger partial charge in [0.2, 0.25) is 0 Å². The van der Waals surface area contributed by atoms with Gasteiger partial charge in [-0.1, -0.05) is 12.1 Å². The van der Waals surface area contributed by atoms with Gasteiger partial charge in [0.15, 0.2) is 12.4 Å². The van der Waals surface area contributed by atoms with E-state index in [-0.39, 0.29) is 5.56 Å². The van der Waals surface area contributed by atoms with Gasteiger partial charge in [-0.3, -0.25) is 0 Å². The van der Waals surface area contributed by atoms with E-state index in [0.717, 1.165) is 0 Å². The topological polar surface area (TPSA) is 137 Å². The first-order valence-electron chi connectivity index (χ1n) is 7.65. The first-order valence-corrected chi connectivity index (χ1v) is 7.65. The van der Waals surface area contributed by atoms with Gasteiger partial charge in [0.25, 0.3) is 0 Å². The van der Waals surface area contributed by atoms with Gasteiger partial charge in [-0.2, -0.15) is 0 Å². The van der Waals surface area contributed by atoms with Crippen LogP contribution in [0.5, 0.6) is 5.75 Å². The highest BCUT2D eigenvalue weighted by Crippen LogP contribution is 2.27. The molecule has 8 nitrogen and oxygen atoms in total. The summed E-state index contributed by atoms with van der Waals surface area (Å²) < 4.78 is 10.6. The first-order chi connectivity index (χ1) is 11.9. The van der Waals surface area contributed by atoms with Crippen LogP contribution in [0.25, 0.3) is 10.8 Å². The molecule has 1 aliphatic rings. The molecule has 25 heavy (non-hydrogen) atoms. The van der Waals surface area contributed by atoms with Crippen molar-refractivity contribution in [3.8, 4) is 5.75 Å². The van der Waals surface area contributed by atoms with Crippen molar-refractivity contribution in [3.05, 3.63) is 42.0 Å². The summed E-state index contributed by atoms with van der Waals surface area (Å²) in [6.07, 6.45) is -6.73. The Bertz CT molecular complexity index is 776. The number of carbonyl (C=O) groups is 1. The molecule has 5 N–H and O–H groups in total. The Morgan fingerprint density at radius 2 is 1.72 bits per heavy atom. The van der Waals surface area contributed by atoms with Crippen LogP contribution in [0.15, 0.2) is 36.4 Å². The Labute approximate surface area is 142 Å². The zero-order chi connectivity index (χ0) is 18.1. The van der Waals surface area contributed by atoms with Gasteiger partial charge in [-0.25, -0.2) is 4.79 Å². The summed E-state index contributed by atoms with van der Waals surface area (Å²) in [5.41, 5.74) is 0.158. The molecule has 1 aliphatic heterocycles. The molecule has 134 valence electrons. The summed E-state index contributed by atoms with van der Waals surface area (Å²) in [7, 11) is 0. The van der Waals surface area contributed by atoms with E-state index in [0.29, 0.717) is 16.5 Å². The zero-order valence-corrected chi connectivity index (χ0v) is 13.0. The van der Waals surface area contributed by atoms with Crippen LogP contribution in [0.3, 0.4) is 0 Å². The molecule has 0 unspecified atom stereocenters. The minimum Gasteiger partial charge on any atom is -0.482 e. The third-order valence-electron chi connectivity index (χ3n) is 4.17. The normalized spacial score (nSPS) is 29.5. The predicted molar refractivity (Wildman–Crippen MR) is 85.3 cm³/mol. The van der Waals surface area contributed by atoms with Crippen molar-refractivity contribution in [3.63, 3.8) is 0 Å². The Kier molecular flexibility index (Phi) is 4.89. The van der Waals surface area contributed by atoms with Gasteiger partial charge in [-0.05, 0) is 35.0 Å². The molecule has 0 amide bonds. The lowest BCUT2D eigenvalue weighted by molar-refractivity contribution is -0.280. The largest absolute Gasteiger partial charge is 0.482 e. The lowest BCUT2D eigenvalue weighted by Gasteiger charge is -2.39. The summed E-state index contributed by atoms with van der Waals surface area (Å²) >= 11 is 0. The number of ether oxygens (including phenoxy) is 2. The predicted octanol–water partition coefficient (Wildman–Crippen LogP) is -0.283. The molecule has 0 saturated carbocycles. The number of fused-ring (bicyclic) bond motifs is 1. The van der Waals surface area contributed by atoms with Crippen LogP contribution >= 0.6 is 0 Å². The molecule has 0 bridgehead atoms. The molecule has 0 radical (unpaired) electrons. The summed E-state index contributed by atoms with van der Waals surface area (Å²) in [6, 6.07) is 9.41. The average Bonchev–Trinajstić information content (AvgIpc) is 2.61. The van der Waals surface area contributed by atoms with Crippen LogP contribution in [0.2, 0.25) is 0 Å². The molecule has 1 fully saturated rings. The fourth-order valence-corrected chi connectivity index (χ4v) is 2.79. The van der Waals surface area contributed by atoms with Crippen LogP contribution in [-0.4, -0.2) is 68.8 Å². The SMILES string of the molecule is O=C(O)c1ccc2cc(O[C@@H]3[C@@H](O)[C@@H](O)[C@@H](CO)O[C@@H]3O)ccc2c1. The fourth-order valence-electron chi connectivity index (χ4n) is 2.79. The number of aliphatic hydroxyl groups excluding tert-OH is 4. The van der Waals surface area contributed by atoms with Crippen LogP contribution < -0.4 is 4.74 Å². The fraction of sp³-hybridized carbons (Fsp3) is 0.353. The number of hydrogen-bond donors (Lipinski definition) is 5. The maximum absolute atomic E-state index is 11.0. The van der Waals surface area contributed by atoms with Crippen LogP contribution in [0.4, 0.5) is 0 Å². The molecule has 8 heteroatoms. The minimum atomic E-state index is -1.53. The summed E-state index contributed by atoms with van der Waals surface area (Å²) in [6.45, 7) is -0.552. The van der Waals surface area contributed by atoms with Crippen LogP contribution in [0.1, 0.15) is 10.4 Å². The molecule has 2 aromatic rings. The third-order valence-corrected chi connectivity index (χ3v) is 4.17. The highest BCUT2D eigenvalue weighted by atomic mass is 16.7. The second-order valence-electron chi connectivity index (χ2n) is 5.84. The number of benzene rings is 2. The number of aromatic carboxylic acids is 1. The smallest absolute Gasteiger partial charge is 0.335 e. The first kappa shape index (κ1) is 17.6. The van der Waals surface area contributed by atoms with E-state index in [2.05, 4.69) is 0 Å². The van der Waals surface area contributed by atoms with E-state index in [4.69, 9.17) is 19.7 Å². The lowest BCUT2D eigenvalue weighted by atomic mass is 9.99. The number of hydrogen-bond acceptors (Lipinski definition) is 7. The van der Waals surface area contributed by atoms with Gasteiger partial charge in [0.1, 0.15) is 24.1 Å². The summed E-state index contributed by atoms with van der Waals surface area (Å²) in [5, 5.41) is 49.4. The monoisotopic (exact) mass is 350 g/mol. The molecule has 5 atom stereocenters. The van der Waals surface area contributed by atoms with Crippen molar-refractivity contribution in [2.24, 2.45) is 0 Å². The molecule has 0 spiro atoms. The van der Waals surface area contributed by atoms with Gasteiger partial charge in [-0.15, -0.1) is 0 Å². The summed E-state index contributed by atoms with van der Waals surface area (Å²) in [4.78, 5) is 11.0. The van der Waals surface area contributed by atoms with Crippen molar-refractivity contribution >= 4 is 16.7 Å². The third kappa shape index (κ3) is 3.44. The minimum absolute atomic E-state index is 0.158. The van der Waals surface area contributed by atoms with Crippen molar-refractivity contribution in [2.75, 3.05) is 6.61 Å². The van der Waals surface area contributed by atoms with E-state index in [1.807, 2.05) is 0 Å². The summed E-state index contributed by atoms with van der Waals surface area (Å²) in [5.74, 6) is -0.725. The Morgan fingerprint density at radius 1 is 1.04 bits per heavy atom. The second kappa shape index (κ2) is 6.95. The number of carboxylic acid groups (broad SMARTS) is 1. The van der Waals surface area contributed by atoms with Crippen LogP contribution in [-0.2, 0) is 4.74 Å². The van der Waals surface area contributed by atoms with Gasteiger partial charge in [0, 0.05) is 0 Å². The molecule has 1 heterocycles. The lowest BCUT2D eigenvalue weighted by Crippen LogP contribution is -2.60. The number of rotatable bonds is 4. The van der Waals surface area contributed by atoms with E-state index < -0.39 is 43.3 Å². The van der Waals surface area contributed by atoms with Crippen LogP contribution in [0, 0.1) is 0 Å². The van der Waals surface area contributed by atoms with Crippen molar-refractivity contribution in [1.29, 1.82) is 0 Å². The maximum Gasteiger partial charge on any atom is 0.335 e. The molecule has 1 saturated heterocycles. The van der Waals surface area contributed by atoms with E-state index in [1.165, 1.54) is 12.1 Å². The highest BCUT2D eigenvalue weighted by molar-refractivity contribution is 5.94. The molecular weight excluding hydrogens is 332 g/mol. The Hall–Kier alpha value is -2.23. The van der Waals surface area contributed by atoms with Gasteiger partial charge < -0.3 is 35.0 Å². The standard InChI is InChI=1S/C17H18O8/c18-7-12-13(19)14(20)15(17(23)25-12)24-11-4-3-8-5-10(16(21)22)2-1-9(8)6-11/h1-6,12-15,17-20,23H,7H2,(H,21,22)/t12-,13+,14+,15-,17+/m1/s1.